The quantitative estimate of drug-likeness (QED) is 0.683. The molecular formula is C25H32BNO4. The van der Waals surface area contributed by atoms with Gasteiger partial charge < -0.3 is 19.3 Å². The van der Waals surface area contributed by atoms with Gasteiger partial charge in [-0.2, -0.15) is 0 Å². The van der Waals surface area contributed by atoms with Crippen molar-refractivity contribution >= 4 is 13.0 Å². The molecule has 0 aromatic heterocycles. The van der Waals surface area contributed by atoms with Crippen LogP contribution in [0, 0.1) is 5.41 Å². The summed E-state index contributed by atoms with van der Waals surface area (Å²) in [6.07, 6.45) is 4.18. The van der Waals surface area contributed by atoms with Crippen LogP contribution in [-0.2, 0) is 20.7 Å². The Balaban J connectivity index is 1.44. The smallest absolute Gasteiger partial charge is 0.412 e. The number of hydrogen-bond donors (Lipinski definition) is 1. The molecule has 1 N–H and O–H groups in total. The van der Waals surface area contributed by atoms with Crippen LogP contribution in [0.15, 0.2) is 54.6 Å². The normalized spacial score (nSPS) is 26.3. The predicted molar refractivity (Wildman–Crippen MR) is 122 cm³/mol. The van der Waals surface area contributed by atoms with Crippen molar-refractivity contribution in [3.63, 3.8) is 0 Å². The maximum absolute atomic E-state index is 13.2. The Bertz CT molecular complexity index is 867. The molecule has 0 spiro atoms. The summed E-state index contributed by atoms with van der Waals surface area (Å²) in [5.41, 5.74) is 2.87. The zero-order valence-corrected chi connectivity index (χ0v) is 18.5. The van der Waals surface area contributed by atoms with Crippen molar-refractivity contribution < 1.29 is 19.3 Å². The number of carbonyl (C=O) groups excluding carboxylic acids is 1. The molecule has 2 aliphatic heterocycles. The Morgan fingerprint density at radius 1 is 1.13 bits per heavy atom. The third kappa shape index (κ3) is 5.03. The number of hydrogen-bond acceptors (Lipinski definition) is 4. The number of nitrogens with zero attached hydrogens (tertiary/aromatic N) is 1. The van der Waals surface area contributed by atoms with Crippen molar-refractivity contribution in [3.05, 3.63) is 60.2 Å². The average Bonchev–Trinajstić information content (AvgIpc) is 3.04. The molecule has 3 atom stereocenters. The fourth-order valence-electron chi connectivity index (χ4n) is 4.80. The van der Waals surface area contributed by atoms with Crippen molar-refractivity contribution in [2.24, 2.45) is 5.41 Å². The molecule has 4 rings (SSSR count). The molecule has 0 aliphatic carbocycles. The molecule has 2 aromatic carbocycles. The van der Waals surface area contributed by atoms with E-state index in [2.05, 4.69) is 36.4 Å². The Kier molecular flexibility index (Phi) is 6.80. The third-order valence-corrected chi connectivity index (χ3v) is 6.49. The number of benzene rings is 2. The average molecular weight is 421 g/mol. The first-order chi connectivity index (χ1) is 15.0. The van der Waals surface area contributed by atoms with Crippen molar-refractivity contribution in [3.8, 4) is 11.1 Å². The van der Waals surface area contributed by atoms with E-state index in [0.717, 1.165) is 31.4 Å². The second kappa shape index (κ2) is 9.55. The van der Waals surface area contributed by atoms with Gasteiger partial charge in [0.1, 0.15) is 0 Å². The monoisotopic (exact) mass is 421 g/mol. The van der Waals surface area contributed by atoms with Gasteiger partial charge in [0.15, 0.2) is 6.29 Å². The first kappa shape index (κ1) is 22.1. The summed E-state index contributed by atoms with van der Waals surface area (Å²) in [6.45, 7) is 4.66. The summed E-state index contributed by atoms with van der Waals surface area (Å²) in [4.78, 5) is 14.9. The molecule has 0 bridgehead atoms. The summed E-state index contributed by atoms with van der Waals surface area (Å²) in [5, 5.41) is 10.4. The van der Waals surface area contributed by atoms with Crippen LogP contribution in [0.25, 0.3) is 11.1 Å². The maximum atomic E-state index is 13.2. The zero-order chi connectivity index (χ0) is 21.8. The summed E-state index contributed by atoms with van der Waals surface area (Å²) in [5.74, 6) is -0.0378. The van der Waals surface area contributed by atoms with Gasteiger partial charge >= 0.3 is 7.05 Å². The van der Waals surface area contributed by atoms with E-state index in [0.29, 0.717) is 19.4 Å². The number of amides is 1. The lowest BCUT2D eigenvalue weighted by Gasteiger charge is -2.28. The van der Waals surface area contributed by atoms with Crippen LogP contribution in [-0.4, -0.2) is 48.3 Å². The van der Waals surface area contributed by atoms with Crippen LogP contribution < -0.4 is 0 Å². The van der Waals surface area contributed by atoms with Gasteiger partial charge in [-0.3, -0.25) is 4.79 Å². The van der Waals surface area contributed by atoms with Gasteiger partial charge in [-0.25, -0.2) is 0 Å². The number of carbonyl (C=O) groups is 1. The van der Waals surface area contributed by atoms with E-state index >= 15 is 0 Å². The number of rotatable bonds is 7. The van der Waals surface area contributed by atoms with Crippen LogP contribution in [0.5, 0.6) is 0 Å². The first-order valence-corrected chi connectivity index (χ1v) is 11.3. The van der Waals surface area contributed by atoms with Crippen LogP contribution >= 0.6 is 0 Å². The van der Waals surface area contributed by atoms with Crippen LogP contribution in [0.3, 0.4) is 0 Å². The molecule has 1 amide bonds. The maximum Gasteiger partial charge on any atom is 0.412 e. The van der Waals surface area contributed by atoms with Gasteiger partial charge in [0, 0.05) is 12.6 Å². The molecule has 2 aromatic rings. The first-order valence-electron chi connectivity index (χ1n) is 11.3. The predicted octanol–water partition coefficient (Wildman–Crippen LogP) is 4.16. The van der Waals surface area contributed by atoms with Crippen molar-refractivity contribution in [2.45, 2.75) is 58.2 Å². The minimum Gasteiger partial charge on any atom is -0.432 e. The highest BCUT2D eigenvalue weighted by Crippen LogP contribution is 2.39. The summed E-state index contributed by atoms with van der Waals surface area (Å²) < 4.78 is 11.6. The zero-order valence-electron chi connectivity index (χ0n) is 18.5. The molecular weight excluding hydrogens is 389 g/mol. The fourth-order valence-corrected chi connectivity index (χ4v) is 4.80. The summed E-state index contributed by atoms with van der Waals surface area (Å²) in [7, 11) is -0.825. The van der Waals surface area contributed by atoms with E-state index in [-0.39, 0.29) is 18.2 Å². The topological polar surface area (TPSA) is 59.0 Å². The molecule has 2 saturated heterocycles. The van der Waals surface area contributed by atoms with E-state index in [1.165, 1.54) is 11.1 Å². The molecule has 31 heavy (non-hydrogen) atoms. The Morgan fingerprint density at radius 3 is 2.48 bits per heavy atom. The van der Waals surface area contributed by atoms with Crippen molar-refractivity contribution in [2.75, 3.05) is 13.2 Å². The van der Waals surface area contributed by atoms with Gasteiger partial charge in [0.25, 0.3) is 0 Å². The van der Waals surface area contributed by atoms with Crippen molar-refractivity contribution in [1.82, 2.24) is 4.81 Å². The van der Waals surface area contributed by atoms with Crippen LogP contribution in [0.4, 0.5) is 0 Å². The molecule has 5 nitrogen and oxygen atoms in total. The minimum absolute atomic E-state index is 0.0378. The second-order valence-electron chi connectivity index (χ2n) is 9.14. The lowest BCUT2D eigenvalue weighted by atomic mass is 9.83. The van der Waals surface area contributed by atoms with Gasteiger partial charge in [-0.1, -0.05) is 54.6 Å². The molecule has 2 aliphatic rings. The Labute approximate surface area is 185 Å². The second-order valence-corrected chi connectivity index (χ2v) is 9.14. The molecule has 164 valence electrons. The van der Waals surface area contributed by atoms with Crippen molar-refractivity contribution in [1.29, 1.82) is 0 Å². The molecule has 1 unspecified atom stereocenters. The highest BCUT2D eigenvalue weighted by atomic mass is 16.7. The molecule has 2 heterocycles. The summed E-state index contributed by atoms with van der Waals surface area (Å²) >= 11 is 0. The van der Waals surface area contributed by atoms with Gasteiger partial charge in [0.05, 0.1) is 12.0 Å². The SMILES string of the molecule is CB(O)N1C(=O)[C@](C)(COC2CCCCO2)C[C@H]1Cc1ccc(-c2ccccc2)cc1. The number of ether oxygens (including phenoxy) is 2. The van der Waals surface area contributed by atoms with E-state index < -0.39 is 12.5 Å². The van der Waals surface area contributed by atoms with Gasteiger partial charge in [-0.05, 0) is 62.5 Å². The fraction of sp³-hybridized carbons (Fsp3) is 0.480. The Morgan fingerprint density at radius 2 is 1.84 bits per heavy atom. The van der Waals surface area contributed by atoms with E-state index in [4.69, 9.17) is 9.47 Å². The molecule has 6 heteroatoms. The summed E-state index contributed by atoms with van der Waals surface area (Å²) in [6, 6.07) is 18.7. The lowest BCUT2D eigenvalue weighted by molar-refractivity contribution is -0.179. The molecule has 0 saturated carbocycles. The van der Waals surface area contributed by atoms with Crippen LogP contribution in [0.2, 0.25) is 6.82 Å². The standard InChI is InChI=1S/C25H32BNO4/c1-25(18-31-23-10-6-7-15-30-23)17-22(27(24(25)28)26(2)29)16-19-11-13-21(14-12-19)20-8-4-3-5-9-20/h3-5,8-9,11-14,22-23,29H,6-7,10,15-18H2,1-2H3/t22-,23?,25+/m1/s1. The molecule has 0 radical (unpaired) electrons. The van der Waals surface area contributed by atoms with Crippen LogP contribution in [0.1, 0.15) is 38.2 Å². The Hall–Kier alpha value is -2.15. The van der Waals surface area contributed by atoms with E-state index in [9.17, 15) is 9.82 Å². The highest BCUT2D eigenvalue weighted by Gasteiger charge is 2.50. The third-order valence-electron chi connectivity index (χ3n) is 6.49. The molecule has 2 fully saturated rings. The minimum atomic E-state index is -0.825. The van der Waals surface area contributed by atoms with E-state index in [1.54, 1.807) is 11.6 Å². The van der Waals surface area contributed by atoms with Gasteiger partial charge in [-0.15, -0.1) is 0 Å². The van der Waals surface area contributed by atoms with E-state index in [1.807, 2.05) is 25.1 Å². The highest BCUT2D eigenvalue weighted by molar-refractivity contribution is 6.49. The van der Waals surface area contributed by atoms with Gasteiger partial charge in [0.2, 0.25) is 5.91 Å². The largest absolute Gasteiger partial charge is 0.432 e. The lowest BCUT2D eigenvalue weighted by Crippen LogP contribution is -2.47.